The molecule has 2 aromatic heterocycles. The molecule has 1 saturated heterocycles. The summed E-state index contributed by atoms with van der Waals surface area (Å²) in [6.07, 6.45) is 6.02. The van der Waals surface area contributed by atoms with Crippen molar-refractivity contribution in [1.82, 2.24) is 19.7 Å². The lowest BCUT2D eigenvalue weighted by Crippen LogP contribution is -2.40. The lowest BCUT2D eigenvalue weighted by atomic mass is 10.1. The van der Waals surface area contributed by atoms with E-state index < -0.39 is 0 Å². The Kier molecular flexibility index (Phi) is 3.56. The molecule has 0 aliphatic carbocycles. The topological polar surface area (TPSA) is 51.0 Å². The summed E-state index contributed by atoms with van der Waals surface area (Å²) in [4.78, 5) is 19.4. The number of carbonyl (C=O) groups excluding carboxylic acids is 1. The number of amides is 1. The van der Waals surface area contributed by atoms with Crippen LogP contribution in [0.2, 0.25) is 0 Å². The summed E-state index contributed by atoms with van der Waals surface area (Å²) in [5.41, 5.74) is 3.73. The second kappa shape index (κ2) is 5.36. The van der Waals surface area contributed by atoms with Gasteiger partial charge in [0, 0.05) is 19.3 Å². The minimum atomic E-state index is 0.110. The maximum Gasteiger partial charge on any atom is 0.265 e. The number of aromatic nitrogens is 3. The molecule has 3 rings (SSSR count). The van der Waals surface area contributed by atoms with Gasteiger partial charge in [-0.3, -0.25) is 9.48 Å². The Balaban J connectivity index is 1.75. The summed E-state index contributed by atoms with van der Waals surface area (Å²) in [5, 5.41) is 4.38. The third-order valence-corrected chi connectivity index (χ3v) is 4.64. The van der Waals surface area contributed by atoms with Crippen molar-refractivity contribution in [2.45, 2.75) is 32.7 Å². The molecular formula is C14H18N4OS. The van der Waals surface area contributed by atoms with E-state index in [-0.39, 0.29) is 11.9 Å². The van der Waals surface area contributed by atoms with E-state index in [1.54, 1.807) is 5.51 Å². The number of hydrogen-bond donors (Lipinski definition) is 0. The van der Waals surface area contributed by atoms with Crippen molar-refractivity contribution in [2.24, 2.45) is 0 Å². The molecular weight excluding hydrogens is 272 g/mol. The lowest BCUT2D eigenvalue weighted by Gasteiger charge is -2.32. The molecule has 1 aliphatic rings. The highest BCUT2D eigenvalue weighted by atomic mass is 32.1. The molecule has 0 unspecified atom stereocenters. The lowest BCUT2D eigenvalue weighted by molar-refractivity contribution is 0.0677. The van der Waals surface area contributed by atoms with Crippen LogP contribution >= 0.6 is 11.3 Å². The quantitative estimate of drug-likeness (QED) is 0.853. The first-order chi connectivity index (χ1) is 9.65. The van der Waals surface area contributed by atoms with Crippen molar-refractivity contribution in [2.75, 3.05) is 13.1 Å². The number of hydrogen-bond acceptors (Lipinski definition) is 4. The first kappa shape index (κ1) is 13.3. The molecule has 0 N–H and O–H groups in total. The molecule has 0 spiro atoms. The Hall–Kier alpha value is -1.69. The van der Waals surface area contributed by atoms with E-state index >= 15 is 0 Å². The van der Waals surface area contributed by atoms with E-state index in [2.05, 4.69) is 16.3 Å². The molecule has 20 heavy (non-hydrogen) atoms. The molecule has 0 bridgehead atoms. The van der Waals surface area contributed by atoms with Gasteiger partial charge >= 0.3 is 0 Å². The highest BCUT2D eigenvalue weighted by Gasteiger charge is 2.27. The van der Waals surface area contributed by atoms with E-state index in [0.717, 1.165) is 42.1 Å². The Bertz CT molecular complexity index is 618. The predicted molar refractivity (Wildman–Crippen MR) is 78.0 cm³/mol. The third kappa shape index (κ3) is 2.47. The molecule has 0 radical (unpaired) electrons. The van der Waals surface area contributed by atoms with Gasteiger partial charge in [-0.2, -0.15) is 5.10 Å². The monoisotopic (exact) mass is 290 g/mol. The van der Waals surface area contributed by atoms with E-state index in [1.165, 1.54) is 11.3 Å². The Morgan fingerprint density at radius 3 is 2.95 bits per heavy atom. The van der Waals surface area contributed by atoms with Crippen LogP contribution in [0.25, 0.3) is 0 Å². The fourth-order valence-electron chi connectivity index (χ4n) is 2.64. The van der Waals surface area contributed by atoms with Gasteiger partial charge in [0.1, 0.15) is 4.88 Å². The van der Waals surface area contributed by atoms with Crippen LogP contribution in [0.1, 0.15) is 39.8 Å². The number of rotatable bonds is 2. The largest absolute Gasteiger partial charge is 0.336 e. The average molecular weight is 290 g/mol. The zero-order chi connectivity index (χ0) is 14.1. The summed E-state index contributed by atoms with van der Waals surface area (Å²) >= 11 is 1.43. The standard InChI is InChI=1S/C14H18N4OS/c1-10-6-16-18(7-10)12-4-3-5-17(8-12)14(19)13-11(2)15-9-20-13/h6-7,9,12H,3-5,8H2,1-2H3/t12-/m1/s1. The van der Waals surface area contributed by atoms with Gasteiger partial charge in [-0.25, -0.2) is 4.98 Å². The zero-order valence-electron chi connectivity index (χ0n) is 11.7. The predicted octanol–water partition coefficient (Wildman–Crippen LogP) is 2.43. The van der Waals surface area contributed by atoms with Gasteiger partial charge in [0.2, 0.25) is 0 Å². The van der Waals surface area contributed by atoms with Gasteiger partial charge in [-0.1, -0.05) is 0 Å². The molecule has 0 saturated carbocycles. The number of likely N-dealkylation sites (tertiary alicyclic amines) is 1. The zero-order valence-corrected chi connectivity index (χ0v) is 12.6. The smallest absolute Gasteiger partial charge is 0.265 e. The average Bonchev–Trinajstić information content (AvgIpc) is 3.07. The second-order valence-corrected chi connectivity index (χ2v) is 6.17. The van der Waals surface area contributed by atoms with Crippen LogP contribution in [0.15, 0.2) is 17.9 Å². The van der Waals surface area contributed by atoms with Crippen molar-refractivity contribution >= 4 is 17.2 Å². The van der Waals surface area contributed by atoms with Gasteiger partial charge in [-0.15, -0.1) is 11.3 Å². The van der Waals surface area contributed by atoms with E-state index in [9.17, 15) is 4.79 Å². The van der Waals surface area contributed by atoms with E-state index in [0.29, 0.717) is 0 Å². The van der Waals surface area contributed by atoms with Crippen molar-refractivity contribution in [3.8, 4) is 0 Å². The summed E-state index contributed by atoms with van der Waals surface area (Å²) in [6, 6.07) is 0.287. The van der Waals surface area contributed by atoms with E-state index in [4.69, 9.17) is 0 Å². The van der Waals surface area contributed by atoms with Crippen LogP contribution in [0, 0.1) is 13.8 Å². The van der Waals surface area contributed by atoms with Crippen molar-refractivity contribution < 1.29 is 4.79 Å². The SMILES string of the molecule is Cc1cnn([C@@H]2CCCN(C(=O)c3scnc3C)C2)c1. The van der Waals surface area contributed by atoms with Crippen LogP contribution < -0.4 is 0 Å². The summed E-state index contributed by atoms with van der Waals surface area (Å²) in [5.74, 6) is 0.110. The molecule has 2 aromatic rings. The highest BCUT2D eigenvalue weighted by molar-refractivity contribution is 7.11. The maximum absolute atomic E-state index is 12.5. The van der Waals surface area contributed by atoms with Gasteiger partial charge in [0.05, 0.1) is 23.4 Å². The minimum Gasteiger partial charge on any atom is -0.336 e. The summed E-state index contributed by atoms with van der Waals surface area (Å²) in [6.45, 7) is 5.49. The van der Waals surface area contributed by atoms with Crippen LogP contribution in [0.3, 0.4) is 0 Å². The highest BCUT2D eigenvalue weighted by Crippen LogP contribution is 2.24. The molecule has 0 aromatic carbocycles. The van der Waals surface area contributed by atoms with E-state index in [1.807, 2.05) is 29.6 Å². The summed E-state index contributed by atoms with van der Waals surface area (Å²) < 4.78 is 1.99. The molecule has 1 fully saturated rings. The second-order valence-electron chi connectivity index (χ2n) is 5.31. The molecule has 1 amide bonds. The number of aryl methyl sites for hydroxylation is 2. The molecule has 1 aliphatic heterocycles. The summed E-state index contributed by atoms with van der Waals surface area (Å²) in [7, 11) is 0. The van der Waals surface area contributed by atoms with Crippen molar-refractivity contribution in [3.05, 3.63) is 34.0 Å². The first-order valence-electron chi connectivity index (χ1n) is 6.85. The molecule has 3 heterocycles. The van der Waals surface area contributed by atoms with Gasteiger partial charge in [-0.05, 0) is 32.3 Å². The number of piperidine rings is 1. The number of nitrogens with zero attached hydrogens (tertiary/aromatic N) is 4. The van der Waals surface area contributed by atoms with Gasteiger partial charge in [0.25, 0.3) is 5.91 Å². The molecule has 106 valence electrons. The maximum atomic E-state index is 12.5. The minimum absolute atomic E-state index is 0.110. The molecule has 1 atom stereocenters. The Morgan fingerprint density at radius 1 is 1.45 bits per heavy atom. The fraction of sp³-hybridized carbons (Fsp3) is 0.500. The Morgan fingerprint density at radius 2 is 2.30 bits per heavy atom. The molecule has 6 heteroatoms. The van der Waals surface area contributed by atoms with Crippen molar-refractivity contribution in [1.29, 1.82) is 0 Å². The van der Waals surface area contributed by atoms with Gasteiger partial charge < -0.3 is 4.90 Å². The Labute approximate surface area is 122 Å². The number of carbonyl (C=O) groups is 1. The number of thiazole rings is 1. The van der Waals surface area contributed by atoms with Gasteiger partial charge in [0.15, 0.2) is 0 Å². The normalized spacial score (nSPS) is 19.3. The van der Waals surface area contributed by atoms with Crippen LogP contribution in [0.4, 0.5) is 0 Å². The van der Waals surface area contributed by atoms with Crippen LogP contribution in [-0.2, 0) is 0 Å². The van der Waals surface area contributed by atoms with Crippen LogP contribution in [-0.4, -0.2) is 38.7 Å². The third-order valence-electron chi connectivity index (χ3n) is 3.73. The van der Waals surface area contributed by atoms with Crippen LogP contribution in [0.5, 0.6) is 0 Å². The van der Waals surface area contributed by atoms with Crippen molar-refractivity contribution in [3.63, 3.8) is 0 Å². The fourth-order valence-corrected chi connectivity index (χ4v) is 3.41. The molecule has 5 nitrogen and oxygen atoms in total. The first-order valence-corrected chi connectivity index (χ1v) is 7.73.